The largest absolute Gasteiger partial charge is 0.337 e. The van der Waals surface area contributed by atoms with Gasteiger partial charge in [-0.2, -0.15) is 5.26 Å². The van der Waals surface area contributed by atoms with Crippen LogP contribution in [0.3, 0.4) is 0 Å². The van der Waals surface area contributed by atoms with Gasteiger partial charge >= 0.3 is 0 Å². The van der Waals surface area contributed by atoms with Crippen LogP contribution in [0.4, 0.5) is 0 Å². The molecule has 0 heterocycles. The monoisotopic (exact) mass is 257 g/mol. The highest BCUT2D eigenvalue weighted by Crippen LogP contribution is 2.39. The van der Waals surface area contributed by atoms with Crippen LogP contribution in [-0.4, -0.2) is 36.0 Å². The lowest BCUT2D eigenvalue weighted by Crippen LogP contribution is -2.50. The molecule has 0 aromatic rings. The van der Waals surface area contributed by atoms with Crippen molar-refractivity contribution in [3.05, 3.63) is 0 Å². The van der Waals surface area contributed by atoms with Gasteiger partial charge in [0.15, 0.2) is 0 Å². The summed E-state index contributed by atoms with van der Waals surface area (Å²) in [6, 6.07) is 2.20. The molecule has 0 unspecified atom stereocenters. The zero-order chi connectivity index (χ0) is 14.3. The van der Waals surface area contributed by atoms with Crippen molar-refractivity contribution < 1.29 is 4.79 Å². The van der Waals surface area contributed by atoms with Gasteiger partial charge in [-0.1, -0.05) is 11.8 Å². The molecule has 4 heteroatoms. The highest BCUT2D eigenvalue weighted by molar-refractivity contribution is 5.79. The van der Waals surface area contributed by atoms with E-state index >= 15 is 0 Å². The van der Waals surface area contributed by atoms with E-state index in [2.05, 4.69) is 29.1 Å². The summed E-state index contributed by atoms with van der Waals surface area (Å²) in [5.74, 6) is 8.27. The first-order valence-electron chi connectivity index (χ1n) is 6.33. The van der Waals surface area contributed by atoms with Crippen LogP contribution in [0.1, 0.15) is 26.7 Å². The van der Waals surface area contributed by atoms with E-state index < -0.39 is 5.54 Å². The Balaban J connectivity index is 2.54. The number of hydrogen-bond acceptors (Lipinski definition) is 3. The van der Waals surface area contributed by atoms with Crippen molar-refractivity contribution in [1.82, 2.24) is 10.2 Å². The molecule has 1 N–H and O–H groups in total. The standard InChI is InChI=1S/C15H19N3O/c1-4-6-10-18(9-5-2)11-14(19)17-15(3,12-16)13-7-8-13/h2,13H,7-11H2,1,3H3,(H,17,19)/t15-/m1/s1. The fourth-order valence-electron chi connectivity index (χ4n) is 1.90. The van der Waals surface area contributed by atoms with Gasteiger partial charge in [-0.15, -0.1) is 12.3 Å². The first-order valence-corrected chi connectivity index (χ1v) is 6.33. The highest BCUT2D eigenvalue weighted by atomic mass is 16.2. The number of carbonyl (C=O) groups is 1. The smallest absolute Gasteiger partial charge is 0.235 e. The molecule has 0 spiro atoms. The van der Waals surface area contributed by atoms with Gasteiger partial charge < -0.3 is 5.32 Å². The number of amides is 1. The van der Waals surface area contributed by atoms with Gasteiger partial charge in [-0.3, -0.25) is 9.69 Å². The van der Waals surface area contributed by atoms with Crippen LogP contribution in [0.15, 0.2) is 0 Å². The third-order valence-electron chi connectivity index (χ3n) is 3.19. The molecule has 0 aromatic carbocycles. The molecule has 1 saturated carbocycles. The molecule has 0 aliphatic heterocycles. The summed E-state index contributed by atoms with van der Waals surface area (Å²) in [6.45, 7) is 4.52. The average Bonchev–Trinajstić information content (AvgIpc) is 3.20. The molecule has 0 aromatic heterocycles. The zero-order valence-corrected chi connectivity index (χ0v) is 11.5. The van der Waals surface area contributed by atoms with Crippen LogP contribution >= 0.6 is 0 Å². The number of nitrogens with zero attached hydrogens (tertiary/aromatic N) is 2. The topological polar surface area (TPSA) is 56.1 Å². The third kappa shape index (κ3) is 4.66. The lowest BCUT2D eigenvalue weighted by molar-refractivity contribution is -0.123. The fraction of sp³-hybridized carbons (Fsp3) is 0.600. The third-order valence-corrected chi connectivity index (χ3v) is 3.19. The van der Waals surface area contributed by atoms with Crippen molar-refractivity contribution in [1.29, 1.82) is 5.26 Å². The Hall–Kier alpha value is -1.96. The molecule has 4 nitrogen and oxygen atoms in total. The van der Waals surface area contributed by atoms with Gasteiger partial charge in [-0.25, -0.2) is 0 Å². The van der Waals surface area contributed by atoms with Crippen LogP contribution < -0.4 is 5.32 Å². The molecule has 0 saturated heterocycles. The maximum Gasteiger partial charge on any atom is 0.235 e. The lowest BCUT2D eigenvalue weighted by atomic mass is 9.98. The van der Waals surface area contributed by atoms with E-state index in [4.69, 9.17) is 6.42 Å². The maximum absolute atomic E-state index is 12.0. The molecule has 1 atom stereocenters. The minimum Gasteiger partial charge on any atom is -0.337 e. The summed E-state index contributed by atoms with van der Waals surface area (Å²) in [7, 11) is 0. The fourth-order valence-corrected chi connectivity index (χ4v) is 1.90. The summed E-state index contributed by atoms with van der Waals surface area (Å²) in [5.41, 5.74) is -0.755. The van der Waals surface area contributed by atoms with Crippen molar-refractivity contribution in [3.63, 3.8) is 0 Å². The van der Waals surface area contributed by atoms with Crippen molar-refractivity contribution in [2.24, 2.45) is 5.92 Å². The molecule has 19 heavy (non-hydrogen) atoms. The molecular weight excluding hydrogens is 238 g/mol. The van der Waals surface area contributed by atoms with Gasteiger partial charge in [0, 0.05) is 0 Å². The summed E-state index contributed by atoms with van der Waals surface area (Å²) < 4.78 is 0. The summed E-state index contributed by atoms with van der Waals surface area (Å²) in [4.78, 5) is 13.8. The Morgan fingerprint density at radius 3 is 2.68 bits per heavy atom. The van der Waals surface area contributed by atoms with Gasteiger partial charge in [0.25, 0.3) is 0 Å². The Labute approximate surface area is 115 Å². The average molecular weight is 257 g/mol. The predicted molar refractivity (Wildman–Crippen MR) is 73.6 cm³/mol. The minimum atomic E-state index is -0.755. The number of carbonyl (C=O) groups excluding carboxylic acids is 1. The van der Waals surface area contributed by atoms with Crippen molar-refractivity contribution in [2.45, 2.75) is 32.2 Å². The number of nitrogens with one attached hydrogen (secondary N) is 1. The summed E-state index contributed by atoms with van der Waals surface area (Å²) in [6.07, 6.45) is 7.26. The van der Waals surface area contributed by atoms with E-state index in [0.717, 1.165) is 12.8 Å². The minimum absolute atomic E-state index is 0.170. The Morgan fingerprint density at radius 2 is 2.21 bits per heavy atom. The van der Waals surface area contributed by atoms with E-state index in [1.165, 1.54) is 0 Å². The van der Waals surface area contributed by atoms with E-state index in [1.54, 1.807) is 18.7 Å². The van der Waals surface area contributed by atoms with E-state index in [1.807, 2.05) is 0 Å². The van der Waals surface area contributed by atoms with Crippen LogP contribution in [0, 0.1) is 41.4 Å². The van der Waals surface area contributed by atoms with Gasteiger partial charge in [-0.05, 0) is 32.6 Å². The highest BCUT2D eigenvalue weighted by Gasteiger charge is 2.43. The van der Waals surface area contributed by atoms with Crippen LogP contribution in [0.2, 0.25) is 0 Å². The normalized spacial score (nSPS) is 16.5. The quantitative estimate of drug-likeness (QED) is 0.715. The van der Waals surface area contributed by atoms with Gasteiger partial charge in [0.05, 0.1) is 25.7 Å². The second-order valence-electron chi connectivity index (χ2n) is 4.91. The molecule has 100 valence electrons. The van der Waals surface area contributed by atoms with E-state index in [0.29, 0.717) is 13.1 Å². The Kier molecular flexibility index (Phi) is 5.43. The number of hydrogen-bond donors (Lipinski definition) is 1. The molecule has 1 amide bonds. The number of nitriles is 1. The predicted octanol–water partition coefficient (Wildman–Crippen LogP) is 0.753. The SMILES string of the molecule is C#CCN(CC#CC)CC(=O)N[C@](C)(C#N)C1CC1. The molecule has 1 aliphatic carbocycles. The first-order chi connectivity index (χ1) is 9.05. The molecule has 0 radical (unpaired) electrons. The molecule has 1 fully saturated rings. The van der Waals surface area contributed by atoms with Crippen LogP contribution in [0.25, 0.3) is 0 Å². The number of rotatable bonds is 6. The van der Waals surface area contributed by atoms with Gasteiger partial charge in [0.2, 0.25) is 5.91 Å². The van der Waals surface area contributed by atoms with Crippen molar-refractivity contribution >= 4 is 5.91 Å². The Bertz CT molecular complexity index is 470. The molecule has 0 bridgehead atoms. The molecule has 1 aliphatic rings. The van der Waals surface area contributed by atoms with Crippen LogP contribution in [0.5, 0.6) is 0 Å². The van der Waals surface area contributed by atoms with Gasteiger partial charge in [0.1, 0.15) is 5.54 Å². The van der Waals surface area contributed by atoms with E-state index in [9.17, 15) is 10.1 Å². The summed E-state index contributed by atoms with van der Waals surface area (Å²) in [5, 5.41) is 12.0. The second-order valence-corrected chi connectivity index (χ2v) is 4.91. The van der Waals surface area contributed by atoms with Crippen LogP contribution in [-0.2, 0) is 4.79 Å². The first kappa shape index (κ1) is 15.1. The summed E-state index contributed by atoms with van der Waals surface area (Å²) >= 11 is 0. The maximum atomic E-state index is 12.0. The molecular formula is C15H19N3O. The zero-order valence-electron chi connectivity index (χ0n) is 11.5. The van der Waals surface area contributed by atoms with E-state index in [-0.39, 0.29) is 18.4 Å². The number of terminal acetylenes is 1. The second kappa shape index (κ2) is 6.83. The van der Waals surface area contributed by atoms with Crippen molar-refractivity contribution in [3.8, 4) is 30.3 Å². The molecule has 1 rings (SSSR count). The lowest BCUT2D eigenvalue weighted by Gasteiger charge is -2.25. The van der Waals surface area contributed by atoms with Crippen molar-refractivity contribution in [2.75, 3.05) is 19.6 Å². The Morgan fingerprint density at radius 1 is 1.53 bits per heavy atom.